The van der Waals surface area contributed by atoms with Crippen LogP contribution in [0.2, 0.25) is 0 Å². The number of aromatic nitrogens is 3. The third-order valence-electron chi connectivity index (χ3n) is 7.21. The lowest BCUT2D eigenvalue weighted by molar-refractivity contribution is -0.0667. The molecule has 0 aromatic carbocycles. The molecule has 0 saturated heterocycles. The number of nitrogens with one attached hydrogen (secondary N) is 2. The van der Waals surface area contributed by atoms with Crippen LogP contribution in [-0.4, -0.2) is 76.3 Å². The van der Waals surface area contributed by atoms with Crippen molar-refractivity contribution >= 4 is 44.9 Å². The summed E-state index contributed by atoms with van der Waals surface area (Å²) < 4.78 is 29.2. The molecule has 13 heteroatoms. The SMILES string of the molecule is Cc1cc(Nc2ncnc3sc(C(=O)N(C)CCN(C)C)cc23)c(=O)n2c1C(=O)NC21CCC(F)(F)CC1. The molecule has 3 aromatic heterocycles. The molecule has 202 valence electrons. The topological polar surface area (TPSA) is 112 Å². The van der Waals surface area contributed by atoms with Crippen molar-refractivity contribution in [3.05, 3.63) is 44.9 Å². The highest BCUT2D eigenvalue weighted by atomic mass is 32.1. The van der Waals surface area contributed by atoms with Crippen LogP contribution in [0.15, 0.2) is 23.3 Å². The summed E-state index contributed by atoms with van der Waals surface area (Å²) in [5, 5.41) is 6.45. The second kappa shape index (κ2) is 9.38. The van der Waals surface area contributed by atoms with Gasteiger partial charge in [-0.3, -0.25) is 19.0 Å². The predicted octanol–water partition coefficient (Wildman–Crippen LogP) is 3.14. The van der Waals surface area contributed by atoms with E-state index in [0.29, 0.717) is 33.0 Å². The quantitative estimate of drug-likeness (QED) is 0.489. The highest BCUT2D eigenvalue weighted by molar-refractivity contribution is 7.20. The first-order chi connectivity index (χ1) is 17.9. The Morgan fingerprint density at radius 2 is 1.84 bits per heavy atom. The van der Waals surface area contributed by atoms with Crippen molar-refractivity contribution in [1.82, 2.24) is 29.7 Å². The van der Waals surface area contributed by atoms with Crippen LogP contribution < -0.4 is 16.2 Å². The van der Waals surface area contributed by atoms with E-state index in [4.69, 9.17) is 0 Å². The number of rotatable bonds is 6. The number of hydrogen-bond donors (Lipinski definition) is 2. The van der Waals surface area contributed by atoms with Gasteiger partial charge >= 0.3 is 0 Å². The lowest BCUT2D eigenvalue weighted by atomic mass is 9.86. The van der Waals surface area contributed by atoms with Gasteiger partial charge in [0.1, 0.15) is 34.0 Å². The summed E-state index contributed by atoms with van der Waals surface area (Å²) >= 11 is 1.23. The number of amides is 2. The van der Waals surface area contributed by atoms with Gasteiger partial charge in [-0.05, 0) is 51.6 Å². The first-order valence-corrected chi connectivity index (χ1v) is 13.1. The summed E-state index contributed by atoms with van der Waals surface area (Å²) in [7, 11) is 5.61. The molecule has 5 rings (SSSR count). The first-order valence-electron chi connectivity index (χ1n) is 12.3. The molecule has 0 bridgehead atoms. The third-order valence-corrected chi connectivity index (χ3v) is 8.24. The van der Waals surface area contributed by atoms with Gasteiger partial charge < -0.3 is 20.4 Å². The number of anilines is 2. The number of alkyl halides is 2. The fraction of sp³-hybridized carbons (Fsp3) is 0.480. The first kappa shape index (κ1) is 26.2. The maximum Gasteiger partial charge on any atom is 0.276 e. The van der Waals surface area contributed by atoms with Crippen LogP contribution in [0.25, 0.3) is 10.2 Å². The molecule has 1 aliphatic heterocycles. The zero-order chi connectivity index (χ0) is 27.4. The molecule has 1 spiro atoms. The number of likely N-dealkylation sites (N-methyl/N-ethyl adjacent to an activating group) is 2. The van der Waals surface area contributed by atoms with Gasteiger partial charge in [0.25, 0.3) is 17.4 Å². The van der Waals surface area contributed by atoms with E-state index in [-0.39, 0.29) is 30.1 Å². The summed E-state index contributed by atoms with van der Waals surface area (Å²) in [6, 6.07) is 3.26. The molecule has 2 N–H and O–H groups in total. The molecular weight excluding hydrogens is 516 g/mol. The van der Waals surface area contributed by atoms with Crippen LogP contribution in [0, 0.1) is 6.92 Å². The van der Waals surface area contributed by atoms with Crippen LogP contribution >= 0.6 is 11.3 Å². The minimum Gasteiger partial charge on any atom is -0.340 e. The Hall–Kier alpha value is -3.45. The summed E-state index contributed by atoms with van der Waals surface area (Å²) in [4.78, 5) is 52.7. The lowest BCUT2D eigenvalue weighted by Crippen LogP contribution is -2.51. The highest BCUT2D eigenvalue weighted by Crippen LogP contribution is 2.43. The Labute approximate surface area is 221 Å². The molecule has 2 amide bonds. The smallest absolute Gasteiger partial charge is 0.276 e. The fourth-order valence-corrected chi connectivity index (χ4v) is 6.05. The second-order valence-electron chi connectivity index (χ2n) is 10.3. The standard InChI is InChI=1S/C25H29F2N7O3S/c1-14-11-16(22(36)34-18(14)20(35)31-25(34)7-5-24(26,27)6-8-25)30-19-15-12-17(38-21(15)29-13-28-19)23(37)33(4)10-9-32(2)3/h11-13H,5-10H2,1-4H3,(H,31,35)(H,28,29,30). The van der Waals surface area contributed by atoms with Crippen LogP contribution in [0.4, 0.5) is 20.3 Å². The fourth-order valence-electron chi connectivity index (χ4n) is 5.06. The van der Waals surface area contributed by atoms with E-state index in [9.17, 15) is 23.2 Å². The molecule has 0 radical (unpaired) electrons. The van der Waals surface area contributed by atoms with E-state index in [1.165, 1.54) is 22.2 Å². The summed E-state index contributed by atoms with van der Waals surface area (Å²) in [6.45, 7) is 2.98. The molecule has 4 heterocycles. The summed E-state index contributed by atoms with van der Waals surface area (Å²) in [5.41, 5.74) is -0.818. The Kier molecular flexibility index (Phi) is 6.46. The normalized spacial score (nSPS) is 17.6. The molecule has 2 aliphatic rings. The van der Waals surface area contributed by atoms with Gasteiger partial charge in [0.15, 0.2) is 0 Å². The van der Waals surface area contributed by atoms with Crippen molar-refractivity contribution in [1.29, 1.82) is 0 Å². The number of pyridine rings is 1. The maximum absolute atomic E-state index is 13.9. The van der Waals surface area contributed by atoms with E-state index in [0.717, 1.165) is 6.54 Å². The van der Waals surface area contributed by atoms with Gasteiger partial charge in [0.2, 0.25) is 5.92 Å². The molecule has 3 aromatic rings. The minimum absolute atomic E-state index is 0.0450. The maximum atomic E-state index is 13.9. The van der Waals surface area contributed by atoms with Gasteiger partial charge in [0, 0.05) is 33.0 Å². The Bertz CT molecular complexity index is 1490. The molecule has 1 saturated carbocycles. The van der Waals surface area contributed by atoms with Crippen LogP contribution in [0.5, 0.6) is 0 Å². The number of nitrogens with zero attached hydrogens (tertiary/aromatic N) is 5. The van der Waals surface area contributed by atoms with E-state index >= 15 is 0 Å². The molecule has 1 fully saturated rings. The van der Waals surface area contributed by atoms with E-state index in [2.05, 4.69) is 20.6 Å². The van der Waals surface area contributed by atoms with E-state index in [1.807, 2.05) is 19.0 Å². The average Bonchev–Trinajstić information content (AvgIpc) is 3.42. The van der Waals surface area contributed by atoms with Crippen molar-refractivity contribution in [2.45, 2.75) is 44.2 Å². The third kappa shape index (κ3) is 4.53. The zero-order valence-electron chi connectivity index (χ0n) is 21.6. The number of halogens is 2. The predicted molar refractivity (Wildman–Crippen MR) is 141 cm³/mol. The van der Waals surface area contributed by atoms with Crippen LogP contribution in [0.1, 0.15) is 51.4 Å². The van der Waals surface area contributed by atoms with Crippen molar-refractivity contribution in [3.63, 3.8) is 0 Å². The number of carbonyl (C=O) groups excluding carboxylic acids is 2. The van der Waals surface area contributed by atoms with E-state index < -0.39 is 35.9 Å². The van der Waals surface area contributed by atoms with Gasteiger partial charge in [-0.2, -0.15) is 0 Å². The number of fused-ring (bicyclic) bond motifs is 3. The Morgan fingerprint density at radius 3 is 2.53 bits per heavy atom. The molecule has 0 atom stereocenters. The molecule has 10 nitrogen and oxygen atoms in total. The second-order valence-corrected chi connectivity index (χ2v) is 11.3. The summed E-state index contributed by atoms with van der Waals surface area (Å²) in [6.07, 6.45) is 0.417. The van der Waals surface area contributed by atoms with Crippen molar-refractivity contribution in [2.75, 3.05) is 39.5 Å². The number of thiophene rings is 1. The van der Waals surface area contributed by atoms with Crippen LogP contribution in [-0.2, 0) is 5.66 Å². The molecule has 0 unspecified atom stereocenters. The van der Waals surface area contributed by atoms with Gasteiger partial charge in [-0.25, -0.2) is 18.7 Å². The Balaban J connectivity index is 1.50. The van der Waals surface area contributed by atoms with Crippen molar-refractivity contribution in [2.24, 2.45) is 0 Å². The zero-order valence-corrected chi connectivity index (χ0v) is 22.4. The van der Waals surface area contributed by atoms with Gasteiger partial charge in [-0.1, -0.05) is 0 Å². The van der Waals surface area contributed by atoms with Crippen molar-refractivity contribution in [3.8, 4) is 0 Å². The minimum atomic E-state index is -2.82. The average molecular weight is 546 g/mol. The van der Waals surface area contributed by atoms with Gasteiger partial charge in [0.05, 0.1) is 10.3 Å². The van der Waals surface area contributed by atoms with Crippen LogP contribution in [0.3, 0.4) is 0 Å². The molecular formula is C25H29F2N7O3S. The largest absolute Gasteiger partial charge is 0.340 e. The highest BCUT2D eigenvalue weighted by Gasteiger charge is 2.51. The number of carbonyl (C=O) groups is 2. The lowest BCUT2D eigenvalue weighted by Gasteiger charge is -2.38. The molecule has 1 aliphatic carbocycles. The van der Waals surface area contributed by atoms with Crippen molar-refractivity contribution < 1.29 is 18.4 Å². The molecule has 38 heavy (non-hydrogen) atoms. The monoisotopic (exact) mass is 545 g/mol. The van der Waals surface area contributed by atoms with E-state index in [1.54, 1.807) is 31.0 Å². The summed E-state index contributed by atoms with van der Waals surface area (Å²) in [5.74, 6) is -3.08. The van der Waals surface area contributed by atoms with Gasteiger partial charge in [-0.15, -0.1) is 11.3 Å². The Morgan fingerprint density at radius 1 is 1.13 bits per heavy atom. The number of hydrogen-bond acceptors (Lipinski definition) is 8. The number of aryl methyl sites for hydroxylation is 1.